The van der Waals surface area contributed by atoms with E-state index in [2.05, 4.69) is 16.6 Å². The number of nitrogens with one attached hydrogen (secondary N) is 2. The monoisotopic (exact) mass is 246 g/mol. The Morgan fingerprint density at radius 1 is 1.17 bits per heavy atom. The van der Waals surface area contributed by atoms with Crippen LogP contribution in [0.2, 0.25) is 0 Å². The van der Waals surface area contributed by atoms with Gasteiger partial charge in [-0.2, -0.15) is 0 Å². The molecule has 0 fully saturated rings. The molecule has 0 unspecified atom stereocenters. The second-order valence-corrected chi connectivity index (χ2v) is 3.36. The third-order valence-electron chi connectivity index (χ3n) is 1.95. The van der Waals surface area contributed by atoms with Gasteiger partial charge in [-0.15, -0.1) is 6.42 Å². The normalized spacial score (nSPS) is 9.06. The van der Waals surface area contributed by atoms with Gasteiger partial charge in [-0.05, 0) is 12.1 Å². The molecule has 94 valence electrons. The minimum atomic E-state index is -0.366. The Bertz CT molecular complexity index is 437. The predicted molar refractivity (Wildman–Crippen MR) is 66.8 cm³/mol. The number of rotatable bonds is 6. The molecule has 5 nitrogen and oxygen atoms in total. The van der Waals surface area contributed by atoms with Crippen molar-refractivity contribution in [3.63, 3.8) is 0 Å². The van der Waals surface area contributed by atoms with Gasteiger partial charge in [0.1, 0.15) is 5.75 Å². The molecule has 0 bridgehead atoms. The van der Waals surface area contributed by atoms with E-state index in [-0.39, 0.29) is 31.5 Å². The van der Waals surface area contributed by atoms with Gasteiger partial charge in [-0.1, -0.05) is 24.1 Å². The van der Waals surface area contributed by atoms with Crippen LogP contribution >= 0.6 is 0 Å². The topological polar surface area (TPSA) is 67.4 Å². The molecule has 2 amide bonds. The van der Waals surface area contributed by atoms with Gasteiger partial charge in [-0.3, -0.25) is 9.59 Å². The van der Waals surface area contributed by atoms with Crippen LogP contribution in [0.15, 0.2) is 30.3 Å². The van der Waals surface area contributed by atoms with Gasteiger partial charge in [0.05, 0.1) is 13.1 Å². The number of amides is 2. The minimum absolute atomic E-state index is 0.112. The molecule has 0 spiro atoms. The number of ether oxygens (including phenoxy) is 1. The average Bonchev–Trinajstić information content (AvgIpc) is 2.41. The molecule has 0 atom stereocenters. The molecule has 1 rings (SSSR count). The molecule has 0 aliphatic carbocycles. The first-order valence-corrected chi connectivity index (χ1v) is 5.37. The van der Waals surface area contributed by atoms with E-state index < -0.39 is 0 Å². The van der Waals surface area contributed by atoms with Crippen LogP contribution in [0.5, 0.6) is 5.75 Å². The SMILES string of the molecule is C#CCNC(=O)CNC(=O)COc1ccccc1. The Balaban J connectivity index is 2.18. The van der Waals surface area contributed by atoms with Gasteiger partial charge in [0.25, 0.3) is 5.91 Å². The standard InChI is InChI=1S/C13H14N2O3/c1-2-8-14-12(16)9-15-13(17)10-18-11-6-4-3-5-7-11/h1,3-7H,8-10H2,(H,14,16)(H,15,17). The molecule has 1 aromatic carbocycles. The molecule has 2 N–H and O–H groups in total. The van der Waals surface area contributed by atoms with Crippen LogP contribution in [0.25, 0.3) is 0 Å². The Morgan fingerprint density at radius 3 is 2.56 bits per heavy atom. The molecule has 1 aromatic rings. The number of benzene rings is 1. The maximum absolute atomic E-state index is 11.3. The Labute approximate surface area is 106 Å². The van der Waals surface area contributed by atoms with E-state index in [1.165, 1.54) is 0 Å². The van der Waals surface area contributed by atoms with Crippen molar-refractivity contribution in [2.75, 3.05) is 19.7 Å². The zero-order valence-corrected chi connectivity index (χ0v) is 9.81. The van der Waals surface area contributed by atoms with Crippen LogP contribution in [-0.4, -0.2) is 31.5 Å². The van der Waals surface area contributed by atoms with Crippen LogP contribution < -0.4 is 15.4 Å². The van der Waals surface area contributed by atoms with Crippen molar-refractivity contribution in [2.24, 2.45) is 0 Å². The van der Waals surface area contributed by atoms with E-state index in [0.29, 0.717) is 5.75 Å². The van der Waals surface area contributed by atoms with Crippen LogP contribution in [0.1, 0.15) is 0 Å². The number of carbonyl (C=O) groups excluding carboxylic acids is 2. The van der Waals surface area contributed by atoms with E-state index >= 15 is 0 Å². The van der Waals surface area contributed by atoms with Crippen molar-refractivity contribution in [1.82, 2.24) is 10.6 Å². The first kappa shape index (κ1) is 13.6. The lowest BCUT2D eigenvalue weighted by molar-refractivity contribution is -0.127. The Hall–Kier alpha value is -2.48. The maximum Gasteiger partial charge on any atom is 0.258 e. The molecule has 0 radical (unpaired) electrons. The predicted octanol–water partition coefficient (Wildman–Crippen LogP) is -0.0690. The first-order chi connectivity index (χ1) is 8.72. The molecule has 0 aromatic heterocycles. The van der Waals surface area contributed by atoms with Gasteiger partial charge in [0.2, 0.25) is 5.91 Å². The van der Waals surface area contributed by atoms with Gasteiger partial charge >= 0.3 is 0 Å². The number of hydrogen-bond acceptors (Lipinski definition) is 3. The van der Waals surface area contributed by atoms with Gasteiger partial charge in [-0.25, -0.2) is 0 Å². The molecule has 0 heterocycles. The number of terminal acetylenes is 1. The highest BCUT2D eigenvalue weighted by molar-refractivity contribution is 5.85. The summed E-state index contributed by atoms with van der Waals surface area (Å²) in [4.78, 5) is 22.5. The van der Waals surface area contributed by atoms with Crippen molar-refractivity contribution in [3.8, 4) is 18.1 Å². The van der Waals surface area contributed by atoms with Crippen LogP contribution in [0.3, 0.4) is 0 Å². The number of carbonyl (C=O) groups is 2. The van der Waals surface area contributed by atoms with Gasteiger partial charge < -0.3 is 15.4 Å². The summed E-state index contributed by atoms with van der Waals surface area (Å²) >= 11 is 0. The molecule has 0 saturated heterocycles. The Kier molecular flexibility index (Phi) is 5.84. The minimum Gasteiger partial charge on any atom is -0.484 e. The van der Waals surface area contributed by atoms with Crippen molar-refractivity contribution in [2.45, 2.75) is 0 Å². The summed E-state index contributed by atoms with van der Waals surface area (Å²) in [6.45, 7) is -0.0969. The Morgan fingerprint density at radius 2 is 1.89 bits per heavy atom. The zero-order valence-electron chi connectivity index (χ0n) is 9.81. The number of para-hydroxylation sites is 1. The quantitative estimate of drug-likeness (QED) is 0.690. The molecule has 0 aliphatic rings. The van der Waals surface area contributed by atoms with Crippen LogP contribution in [-0.2, 0) is 9.59 Å². The lowest BCUT2D eigenvalue weighted by Crippen LogP contribution is -2.38. The summed E-state index contributed by atoms with van der Waals surface area (Å²) in [6.07, 6.45) is 4.97. The van der Waals surface area contributed by atoms with Crippen molar-refractivity contribution in [3.05, 3.63) is 30.3 Å². The summed E-state index contributed by atoms with van der Waals surface area (Å²) in [5.41, 5.74) is 0. The highest BCUT2D eigenvalue weighted by Gasteiger charge is 2.05. The molecular formula is C13H14N2O3. The molecule has 18 heavy (non-hydrogen) atoms. The number of hydrogen-bond donors (Lipinski definition) is 2. The van der Waals surface area contributed by atoms with Crippen LogP contribution in [0.4, 0.5) is 0 Å². The van der Waals surface area contributed by atoms with E-state index in [0.717, 1.165) is 0 Å². The van der Waals surface area contributed by atoms with Gasteiger partial charge in [0, 0.05) is 0 Å². The first-order valence-electron chi connectivity index (χ1n) is 5.37. The lowest BCUT2D eigenvalue weighted by atomic mass is 10.3. The van der Waals surface area contributed by atoms with Crippen molar-refractivity contribution < 1.29 is 14.3 Å². The van der Waals surface area contributed by atoms with E-state index in [1.807, 2.05) is 6.07 Å². The molecule has 5 heteroatoms. The van der Waals surface area contributed by atoms with Crippen molar-refractivity contribution >= 4 is 11.8 Å². The van der Waals surface area contributed by atoms with Gasteiger partial charge in [0.15, 0.2) is 6.61 Å². The molecular weight excluding hydrogens is 232 g/mol. The molecule has 0 aliphatic heterocycles. The summed E-state index contributed by atoms with van der Waals surface area (Å²) in [5.74, 6) is 2.17. The van der Waals surface area contributed by atoms with E-state index in [1.54, 1.807) is 24.3 Å². The average molecular weight is 246 g/mol. The fourth-order valence-corrected chi connectivity index (χ4v) is 1.11. The summed E-state index contributed by atoms with van der Waals surface area (Å²) in [5, 5.41) is 4.85. The summed E-state index contributed by atoms with van der Waals surface area (Å²) in [7, 11) is 0. The second kappa shape index (κ2) is 7.74. The molecule has 0 saturated carbocycles. The van der Waals surface area contributed by atoms with E-state index in [9.17, 15) is 9.59 Å². The maximum atomic E-state index is 11.3. The summed E-state index contributed by atoms with van der Waals surface area (Å²) < 4.78 is 5.21. The van der Waals surface area contributed by atoms with Crippen LogP contribution in [0, 0.1) is 12.3 Å². The second-order valence-electron chi connectivity index (χ2n) is 3.36. The lowest BCUT2D eigenvalue weighted by Gasteiger charge is -2.07. The third-order valence-corrected chi connectivity index (χ3v) is 1.95. The fourth-order valence-electron chi connectivity index (χ4n) is 1.11. The highest BCUT2D eigenvalue weighted by Crippen LogP contribution is 2.07. The third kappa shape index (κ3) is 5.56. The highest BCUT2D eigenvalue weighted by atomic mass is 16.5. The summed E-state index contributed by atoms with van der Waals surface area (Å²) in [6, 6.07) is 8.95. The fraction of sp³-hybridized carbons (Fsp3) is 0.231. The van der Waals surface area contributed by atoms with Crippen molar-refractivity contribution in [1.29, 1.82) is 0 Å². The smallest absolute Gasteiger partial charge is 0.258 e. The zero-order chi connectivity index (χ0) is 13.2. The van der Waals surface area contributed by atoms with E-state index in [4.69, 9.17) is 11.2 Å². The largest absolute Gasteiger partial charge is 0.484 e.